The quantitative estimate of drug-likeness (QED) is 0.773. The van der Waals surface area contributed by atoms with E-state index in [1.807, 2.05) is 61.5 Å². The first-order valence-electron chi connectivity index (χ1n) is 5.21. The molecule has 0 aliphatic heterocycles. The average molecular weight is 210 g/mol. The molecule has 0 spiro atoms. The van der Waals surface area contributed by atoms with Gasteiger partial charge in [0.15, 0.2) is 0 Å². The summed E-state index contributed by atoms with van der Waals surface area (Å²) < 4.78 is 0. The Balaban J connectivity index is 2.18. The molecule has 2 nitrogen and oxygen atoms in total. The van der Waals surface area contributed by atoms with Gasteiger partial charge in [0.1, 0.15) is 0 Å². The van der Waals surface area contributed by atoms with Crippen molar-refractivity contribution in [3.63, 3.8) is 0 Å². The fraction of sp³-hybridized carbons (Fsp3) is 0.0714. The molecule has 0 atom stereocenters. The number of nitrogens with two attached hydrogens (primary N) is 1. The molecule has 0 saturated heterocycles. The van der Waals surface area contributed by atoms with Gasteiger partial charge >= 0.3 is 0 Å². The number of pyridine rings is 1. The van der Waals surface area contributed by atoms with Crippen LogP contribution in [0.5, 0.6) is 0 Å². The number of nitrogen functional groups attached to an aromatic ring is 1. The molecule has 1 aromatic heterocycles. The fourth-order valence-corrected chi connectivity index (χ4v) is 1.45. The Morgan fingerprint density at radius 1 is 1.00 bits per heavy atom. The first kappa shape index (κ1) is 10.4. The van der Waals surface area contributed by atoms with Crippen LogP contribution in [0.25, 0.3) is 12.2 Å². The van der Waals surface area contributed by atoms with Crippen molar-refractivity contribution in [2.45, 2.75) is 6.92 Å². The van der Waals surface area contributed by atoms with E-state index in [1.165, 1.54) is 0 Å². The zero-order valence-electron chi connectivity index (χ0n) is 9.22. The minimum Gasteiger partial charge on any atom is -0.399 e. The Labute approximate surface area is 95.5 Å². The van der Waals surface area contributed by atoms with E-state index >= 15 is 0 Å². The summed E-state index contributed by atoms with van der Waals surface area (Å²) in [5, 5.41) is 0. The second kappa shape index (κ2) is 4.62. The topological polar surface area (TPSA) is 38.9 Å². The van der Waals surface area contributed by atoms with Crippen LogP contribution in [0.4, 0.5) is 5.69 Å². The van der Waals surface area contributed by atoms with Gasteiger partial charge in [-0.25, -0.2) is 0 Å². The zero-order chi connectivity index (χ0) is 11.4. The summed E-state index contributed by atoms with van der Waals surface area (Å²) in [5.41, 5.74) is 9.52. The monoisotopic (exact) mass is 210 g/mol. The number of hydrogen-bond donors (Lipinski definition) is 1. The summed E-state index contributed by atoms with van der Waals surface area (Å²) >= 11 is 0. The molecule has 16 heavy (non-hydrogen) atoms. The third-order valence-corrected chi connectivity index (χ3v) is 2.29. The van der Waals surface area contributed by atoms with E-state index in [1.54, 1.807) is 0 Å². The Bertz CT molecular complexity index is 498. The third-order valence-electron chi connectivity index (χ3n) is 2.29. The Hall–Kier alpha value is -2.09. The van der Waals surface area contributed by atoms with Crippen LogP contribution in [0.2, 0.25) is 0 Å². The van der Waals surface area contributed by atoms with Gasteiger partial charge in [-0.05, 0) is 42.8 Å². The van der Waals surface area contributed by atoms with E-state index in [2.05, 4.69) is 4.98 Å². The number of benzene rings is 1. The second-order valence-electron chi connectivity index (χ2n) is 3.70. The van der Waals surface area contributed by atoms with Gasteiger partial charge in [-0.15, -0.1) is 0 Å². The minimum atomic E-state index is 0.783. The fourth-order valence-electron chi connectivity index (χ4n) is 1.45. The molecular weight excluding hydrogens is 196 g/mol. The normalized spacial score (nSPS) is 10.8. The summed E-state index contributed by atoms with van der Waals surface area (Å²) in [6.45, 7) is 1.99. The average Bonchev–Trinajstić information content (AvgIpc) is 2.28. The van der Waals surface area contributed by atoms with Gasteiger partial charge < -0.3 is 5.73 Å². The Morgan fingerprint density at radius 3 is 2.44 bits per heavy atom. The van der Waals surface area contributed by atoms with Crippen LogP contribution in [0.15, 0.2) is 42.5 Å². The van der Waals surface area contributed by atoms with Gasteiger partial charge in [0.2, 0.25) is 0 Å². The highest BCUT2D eigenvalue weighted by molar-refractivity contribution is 5.68. The molecule has 80 valence electrons. The summed E-state index contributed by atoms with van der Waals surface area (Å²) in [6, 6.07) is 13.7. The van der Waals surface area contributed by atoms with Gasteiger partial charge in [0.05, 0.1) is 5.69 Å². The maximum Gasteiger partial charge on any atom is 0.0633 e. The zero-order valence-corrected chi connectivity index (χ0v) is 9.22. The van der Waals surface area contributed by atoms with Crippen LogP contribution in [-0.4, -0.2) is 4.98 Å². The van der Waals surface area contributed by atoms with Crippen molar-refractivity contribution >= 4 is 17.8 Å². The van der Waals surface area contributed by atoms with Crippen molar-refractivity contribution in [2.24, 2.45) is 0 Å². The molecule has 1 heterocycles. The van der Waals surface area contributed by atoms with Gasteiger partial charge in [-0.1, -0.05) is 24.3 Å². The van der Waals surface area contributed by atoms with Crippen LogP contribution < -0.4 is 5.73 Å². The number of nitrogens with zero attached hydrogens (tertiary/aromatic N) is 1. The van der Waals surface area contributed by atoms with E-state index in [0.29, 0.717) is 0 Å². The van der Waals surface area contributed by atoms with E-state index < -0.39 is 0 Å². The maximum atomic E-state index is 5.62. The lowest BCUT2D eigenvalue weighted by molar-refractivity contribution is 1.18. The second-order valence-corrected chi connectivity index (χ2v) is 3.70. The van der Waals surface area contributed by atoms with Crippen LogP contribution in [0.1, 0.15) is 17.0 Å². The largest absolute Gasteiger partial charge is 0.399 e. The molecule has 0 amide bonds. The van der Waals surface area contributed by atoms with E-state index in [9.17, 15) is 0 Å². The highest BCUT2D eigenvalue weighted by Crippen LogP contribution is 2.09. The molecule has 0 unspecified atom stereocenters. The van der Waals surface area contributed by atoms with Gasteiger partial charge in [-0.2, -0.15) is 0 Å². The van der Waals surface area contributed by atoms with Gasteiger partial charge in [0, 0.05) is 11.4 Å². The third kappa shape index (κ3) is 2.70. The van der Waals surface area contributed by atoms with Gasteiger partial charge in [-0.3, -0.25) is 4.98 Å². The van der Waals surface area contributed by atoms with E-state index in [-0.39, 0.29) is 0 Å². The number of aryl methyl sites for hydroxylation is 1. The van der Waals surface area contributed by atoms with Crippen molar-refractivity contribution < 1.29 is 0 Å². The van der Waals surface area contributed by atoms with Crippen LogP contribution in [0.3, 0.4) is 0 Å². The van der Waals surface area contributed by atoms with Crippen molar-refractivity contribution in [2.75, 3.05) is 5.73 Å². The summed E-state index contributed by atoms with van der Waals surface area (Å²) in [5.74, 6) is 0. The first-order chi connectivity index (χ1) is 7.74. The predicted molar refractivity (Wildman–Crippen MR) is 68.8 cm³/mol. The van der Waals surface area contributed by atoms with Crippen molar-refractivity contribution in [3.05, 3.63) is 59.4 Å². The van der Waals surface area contributed by atoms with Gasteiger partial charge in [0.25, 0.3) is 0 Å². The van der Waals surface area contributed by atoms with Crippen LogP contribution in [0, 0.1) is 6.92 Å². The smallest absolute Gasteiger partial charge is 0.0633 e. The molecule has 0 bridgehead atoms. The first-order valence-corrected chi connectivity index (χ1v) is 5.21. The van der Waals surface area contributed by atoms with E-state index in [0.717, 1.165) is 22.6 Å². The number of aromatic nitrogens is 1. The molecule has 0 aliphatic carbocycles. The molecule has 2 aromatic rings. The molecule has 0 radical (unpaired) electrons. The molecular formula is C14H14N2. The number of hydrogen-bond acceptors (Lipinski definition) is 2. The standard InChI is InChI=1S/C14H14N2/c1-11-3-2-4-14(16-11)10-7-12-5-8-13(15)9-6-12/h2-10H,15H2,1H3/b10-7+. The van der Waals surface area contributed by atoms with Crippen molar-refractivity contribution in [1.82, 2.24) is 4.98 Å². The maximum absolute atomic E-state index is 5.62. The molecule has 0 aliphatic rings. The molecule has 2 N–H and O–H groups in total. The Kier molecular flexibility index (Phi) is 3.01. The lowest BCUT2D eigenvalue weighted by atomic mass is 10.2. The highest BCUT2D eigenvalue weighted by Gasteiger charge is 1.90. The van der Waals surface area contributed by atoms with Crippen molar-refractivity contribution in [1.29, 1.82) is 0 Å². The van der Waals surface area contributed by atoms with Crippen LogP contribution >= 0.6 is 0 Å². The minimum absolute atomic E-state index is 0.783. The molecule has 2 rings (SSSR count). The lowest BCUT2D eigenvalue weighted by Crippen LogP contribution is -1.84. The summed E-state index contributed by atoms with van der Waals surface area (Å²) in [7, 11) is 0. The van der Waals surface area contributed by atoms with Crippen molar-refractivity contribution in [3.8, 4) is 0 Å². The molecule has 2 heteroatoms. The lowest BCUT2D eigenvalue weighted by Gasteiger charge is -1.96. The SMILES string of the molecule is Cc1cccc(/C=C/c2ccc(N)cc2)n1. The van der Waals surface area contributed by atoms with Crippen LogP contribution in [-0.2, 0) is 0 Å². The number of anilines is 1. The Morgan fingerprint density at radius 2 is 1.75 bits per heavy atom. The molecule has 0 saturated carbocycles. The highest BCUT2D eigenvalue weighted by atomic mass is 14.7. The predicted octanol–water partition coefficient (Wildman–Crippen LogP) is 3.14. The number of rotatable bonds is 2. The summed E-state index contributed by atoms with van der Waals surface area (Å²) in [6.07, 6.45) is 4.03. The molecule has 1 aromatic carbocycles. The van der Waals surface area contributed by atoms with E-state index in [4.69, 9.17) is 5.73 Å². The summed E-state index contributed by atoms with van der Waals surface area (Å²) in [4.78, 5) is 4.39. The molecule has 0 fully saturated rings.